The summed E-state index contributed by atoms with van der Waals surface area (Å²) in [5.74, 6) is 0.211. The molecule has 4 heteroatoms. The van der Waals surface area contributed by atoms with E-state index in [0.29, 0.717) is 19.4 Å². The van der Waals surface area contributed by atoms with Crippen molar-refractivity contribution in [3.05, 3.63) is 0 Å². The lowest BCUT2D eigenvalue weighted by Crippen LogP contribution is -2.35. The van der Waals surface area contributed by atoms with Crippen molar-refractivity contribution in [2.75, 3.05) is 19.6 Å². The van der Waals surface area contributed by atoms with E-state index in [-0.39, 0.29) is 11.8 Å². The topological polar surface area (TPSA) is 49.4 Å². The van der Waals surface area contributed by atoms with Crippen LogP contribution in [0.5, 0.6) is 0 Å². The molecule has 0 unspecified atom stereocenters. The number of nitrogens with one attached hydrogen (secondary N) is 1. The molecule has 0 saturated heterocycles. The predicted molar refractivity (Wildman–Crippen MR) is 78.9 cm³/mol. The molecule has 0 aliphatic heterocycles. The standard InChI is InChI=1S/C15H30N2O2/c1-4-7-12-17(13-8-5-2)15(19)10-11-16-14(18)9-6-3/h4-13H2,1-3H3,(H,16,18). The molecule has 0 fully saturated rings. The molecule has 19 heavy (non-hydrogen) atoms. The van der Waals surface area contributed by atoms with Crippen LogP contribution in [0, 0.1) is 0 Å². The summed E-state index contributed by atoms with van der Waals surface area (Å²) in [6, 6.07) is 0. The fourth-order valence-corrected chi connectivity index (χ4v) is 1.84. The average molecular weight is 270 g/mol. The predicted octanol–water partition coefficient (Wildman–Crippen LogP) is 2.72. The van der Waals surface area contributed by atoms with Gasteiger partial charge in [-0.1, -0.05) is 33.6 Å². The van der Waals surface area contributed by atoms with E-state index >= 15 is 0 Å². The van der Waals surface area contributed by atoms with Gasteiger partial charge in [-0.25, -0.2) is 0 Å². The third kappa shape index (κ3) is 9.51. The van der Waals surface area contributed by atoms with Crippen molar-refractivity contribution >= 4 is 11.8 Å². The van der Waals surface area contributed by atoms with Crippen LogP contribution in [0.3, 0.4) is 0 Å². The summed E-state index contributed by atoms with van der Waals surface area (Å²) in [6.45, 7) is 8.39. The lowest BCUT2D eigenvalue weighted by Gasteiger charge is -2.22. The van der Waals surface area contributed by atoms with Crippen molar-refractivity contribution in [3.8, 4) is 0 Å². The highest BCUT2D eigenvalue weighted by atomic mass is 16.2. The zero-order valence-electron chi connectivity index (χ0n) is 12.8. The minimum Gasteiger partial charge on any atom is -0.356 e. The van der Waals surface area contributed by atoms with Gasteiger partial charge in [0, 0.05) is 32.5 Å². The number of amides is 2. The van der Waals surface area contributed by atoms with Gasteiger partial charge in [0.15, 0.2) is 0 Å². The molecule has 112 valence electrons. The monoisotopic (exact) mass is 270 g/mol. The van der Waals surface area contributed by atoms with Gasteiger partial charge in [-0.3, -0.25) is 9.59 Å². The number of hydrogen-bond donors (Lipinski definition) is 1. The van der Waals surface area contributed by atoms with Crippen LogP contribution in [0.2, 0.25) is 0 Å². The Labute approximate surface area is 117 Å². The van der Waals surface area contributed by atoms with Gasteiger partial charge in [0.1, 0.15) is 0 Å². The minimum absolute atomic E-state index is 0.0453. The highest BCUT2D eigenvalue weighted by molar-refractivity contribution is 5.79. The molecule has 4 nitrogen and oxygen atoms in total. The van der Waals surface area contributed by atoms with Crippen LogP contribution in [-0.4, -0.2) is 36.3 Å². The van der Waals surface area contributed by atoms with Crippen LogP contribution in [-0.2, 0) is 9.59 Å². The van der Waals surface area contributed by atoms with Gasteiger partial charge < -0.3 is 10.2 Å². The zero-order chi connectivity index (χ0) is 14.5. The van der Waals surface area contributed by atoms with E-state index < -0.39 is 0 Å². The van der Waals surface area contributed by atoms with Crippen LogP contribution in [0.15, 0.2) is 0 Å². The second kappa shape index (κ2) is 12.0. The highest BCUT2D eigenvalue weighted by Gasteiger charge is 2.12. The maximum Gasteiger partial charge on any atom is 0.224 e. The van der Waals surface area contributed by atoms with Gasteiger partial charge in [-0.15, -0.1) is 0 Å². The smallest absolute Gasteiger partial charge is 0.224 e. The molecule has 0 rings (SSSR count). The fourth-order valence-electron chi connectivity index (χ4n) is 1.84. The Morgan fingerprint density at radius 3 is 1.95 bits per heavy atom. The summed E-state index contributed by atoms with van der Waals surface area (Å²) in [5, 5.41) is 2.80. The normalized spacial score (nSPS) is 10.3. The van der Waals surface area contributed by atoms with E-state index in [9.17, 15) is 9.59 Å². The lowest BCUT2D eigenvalue weighted by atomic mass is 10.2. The molecule has 1 N–H and O–H groups in total. The molecular formula is C15H30N2O2. The van der Waals surface area contributed by atoms with Gasteiger partial charge >= 0.3 is 0 Å². The molecule has 0 aromatic rings. The summed E-state index contributed by atoms with van der Waals surface area (Å²) >= 11 is 0. The van der Waals surface area contributed by atoms with Crippen LogP contribution in [0.1, 0.15) is 65.7 Å². The maximum atomic E-state index is 12.1. The third-order valence-corrected chi connectivity index (χ3v) is 3.05. The highest BCUT2D eigenvalue weighted by Crippen LogP contribution is 2.02. The number of nitrogens with zero attached hydrogens (tertiary/aromatic N) is 1. The molecule has 0 aromatic carbocycles. The minimum atomic E-state index is 0.0453. The molecule has 0 radical (unpaired) electrons. The van der Waals surface area contributed by atoms with Crippen LogP contribution >= 0.6 is 0 Å². The van der Waals surface area contributed by atoms with E-state index in [0.717, 1.165) is 45.2 Å². The second-order valence-electron chi connectivity index (χ2n) is 4.94. The summed E-state index contributed by atoms with van der Waals surface area (Å²) in [6.07, 6.45) is 6.12. The number of hydrogen-bond acceptors (Lipinski definition) is 2. The Morgan fingerprint density at radius 1 is 0.895 bits per heavy atom. The van der Waals surface area contributed by atoms with Crippen molar-refractivity contribution in [1.82, 2.24) is 10.2 Å². The number of rotatable bonds is 11. The molecule has 0 bridgehead atoms. The molecule has 0 aromatic heterocycles. The molecule has 0 spiro atoms. The number of carbonyl (C=O) groups excluding carboxylic acids is 2. The van der Waals surface area contributed by atoms with Gasteiger partial charge in [-0.05, 0) is 19.3 Å². The summed E-state index contributed by atoms with van der Waals surface area (Å²) in [7, 11) is 0. The first-order chi connectivity index (χ1) is 9.15. The van der Waals surface area contributed by atoms with Crippen molar-refractivity contribution in [1.29, 1.82) is 0 Å². The summed E-state index contributed by atoms with van der Waals surface area (Å²) < 4.78 is 0. The zero-order valence-corrected chi connectivity index (χ0v) is 12.8. The van der Waals surface area contributed by atoms with Crippen LogP contribution in [0.4, 0.5) is 0 Å². The molecule has 0 aliphatic rings. The average Bonchev–Trinajstić information content (AvgIpc) is 2.39. The van der Waals surface area contributed by atoms with Crippen molar-refractivity contribution in [3.63, 3.8) is 0 Å². The van der Waals surface area contributed by atoms with Crippen LogP contribution < -0.4 is 5.32 Å². The van der Waals surface area contributed by atoms with E-state index in [4.69, 9.17) is 0 Å². The van der Waals surface area contributed by atoms with E-state index in [1.807, 2.05) is 11.8 Å². The summed E-state index contributed by atoms with van der Waals surface area (Å²) in [5.41, 5.74) is 0. The van der Waals surface area contributed by atoms with Crippen molar-refractivity contribution in [2.45, 2.75) is 65.7 Å². The third-order valence-electron chi connectivity index (χ3n) is 3.05. The maximum absolute atomic E-state index is 12.1. The fraction of sp³-hybridized carbons (Fsp3) is 0.867. The first kappa shape index (κ1) is 17.9. The van der Waals surface area contributed by atoms with Gasteiger partial charge in [0.2, 0.25) is 11.8 Å². The molecule has 2 amide bonds. The Kier molecular flexibility index (Phi) is 11.3. The lowest BCUT2D eigenvalue weighted by molar-refractivity contribution is -0.131. The molecule has 0 heterocycles. The van der Waals surface area contributed by atoms with Crippen molar-refractivity contribution in [2.24, 2.45) is 0 Å². The molecule has 0 saturated carbocycles. The largest absolute Gasteiger partial charge is 0.356 e. The SMILES string of the molecule is CCCCN(CCCC)C(=O)CCNC(=O)CCC. The Bertz CT molecular complexity index is 247. The molecule has 0 aliphatic carbocycles. The van der Waals surface area contributed by atoms with Gasteiger partial charge in [-0.2, -0.15) is 0 Å². The van der Waals surface area contributed by atoms with E-state index in [1.54, 1.807) is 0 Å². The van der Waals surface area contributed by atoms with E-state index in [1.165, 1.54) is 0 Å². The Morgan fingerprint density at radius 2 is 1.47 bits per heavy atom. The second-order valence-corrected chi connectivity index (χ2v) is 4.94. The first-order valence-electron chi connectivity index (χ1n) is 7.70. The molecular weight excluding hydrogens is 240 g/mol. The van der Waals surface area contributed by atoms with Gasteiger partial charge in [0.05, 0.1) is 0 Å². The summed E-state index contributed by atoms with van der Waals surface area (Å²) in [4.78, 5) is 25.3. The number of carbonyl (C=O) groups is 2. The van der Waals surface area contributed by atoms with Crippen LogP contribution in [0.25, 0.3) is 0 Å². The first-order valence-corrected chi connectivity index (χ1v) is 7.70. The van der Waals surface area contributed by atoms with Gasteiger partial charge in [0.25, 0.3) is 0 Å². The molecule has 0 atom stereocenters. The quantitative estimate of drug-likeness (QED) is 0.627. The Balaban J connectivity index is 3.97. The number of unbranched alkanes of at least 4 members (excludes halogenated alkanes) is 2. The Hall–Kier alpha value is -1.06. The van der Waals surface area contributed by atoms with E-state index in [2.05, 4.69) is 19.2 Å². The van der Waals surface area contributed by atoms with Crippen molar-refractivity contribution < 1.29 is 9.59 Å².